The van der Waals surface area contributed by atoms with Crippen molar-refractivity contribution in [1.29, 1.82) is 0 Å². The van der Waals surface area contributed by atoms with Crippen molar-refractivity contribution in [3.8, 4) is 0 Å². The van der Waals surface area contributed by atoms with Crippen molar-refractivity contribution in [1.82, 2.24) is 10.6 Å². The van der Waals surface area contributed by atoms with Crippen LogP contribution in [0.25, 0.3) is 0 Å². The van der Waals surface area contributed by atoms with Crippen LogP contribution in [0.1, 0.15) is 5.56 Å². The average Bonchev–Trinajstić information content (AvgIpc) is 2.76. The number of carboxylic acid groups (broad SMARTS) is 1. The van der Waals surface area contributed by atoms with Gasteiger partial charge in [0.1, 0.15) is 0 Å². The first kappa shape index (κ1) is 12.9. The fourth-order valence-electron chi connectivity index (χ4n) is 0.920. The minimum Gasteiger partial charge on any atom is -0.478 e. The lowest BCUT2D eigenvalue weighted by Crippen LogP contribution is -2.38. The first-order valence-corrected chi connectivity index (χ1v) is 5.53. The summed E-state index contributed by atoms with van der Waals surface area (Å²) in [4.78, 5) is 32.3. The molecule has 0 aliphatic heterocycles. The lowest BCUT2D eigenvalue weighted by Gasteiger charge is -2.03. The van der Waals surface area contributed by atoms with E-state index in [-0.39, 0.29) is 0 Å². The van der Waals surface area contributed by atoms with Gasteiger partial charge in [-0.2, -0.15) is 11.3 Å². The summed E-state index contributed by atoms with van der Waals surface area (Å²) in [6.07, 6.45) is 1.42. The number of imide groups is 1. The molecular formula is C10H10N2O4S. The van der Waals surface area contributed by atoms with Crippen molar-refractivity contribution in [2.24, 2.45) is 0 Å². The summed E-state index contributed by atoms with van der Waals surface area (Å²) in [6, 6.07) is 1.17. The molecule has 1 heterocycles. The molecule has 6 nitrogen and oxygen atoms in total. The summed E-state index contributed by atoms with van der Waals surface area (Å²) in [5, 5.41) is 16.4. The van der Waals surface area contributed by atoms with Crippen LogP contribution >= 0.6 is 11.3 Å². The summed E-state index contributed by atoms with van der Waals surface area (Å²) in [7, 11) is 0. The maximum Gasteiger partial charge on any atom is 0.328 e. The highest BCUT2D eigenvalue weighted by Crippen LogP contribution is 2.04. The van der Waals surface area contributed by atoms with Crippen molar-refractivity contribution in [2.75, 3.05) is 0 Å². The van der Waals surface area contributed by atoms with Gasteiger partial charge in [-0.1, -0.05) is 0 Å². The number of rotatable bonds is 4. The van der Waals surface area contributed by atoms with Crippen LogP contribution in [0.3, 0.4) is 0 Å². The second-order valence-corrected chi connectivity index (χ2v) is 3.76. The number of aliphatic carboxylic acids is 1. The van der Waals surface area contributed by atoms with Crippen molar-refractivity contribution in [2.45, 2.75) is 6.54 Å². The molecule has 0 radical (unpaired) electrons. The number of thiophene rings is 1. The van der Waals surface area contributed by atoms with E-state index in [1.807, 2.05) is 22.1 Å². The van der Waals surface area contributed by atoms with Crippen LogP contribution in [-0.2, 0) is 16.1 Å². The monoisotopic (exact) mass is 254 g/mol. The molecule has 0 saturated heterocycles. The van der Waals surface area contributed by atoms with Gasteiger partial charge in [0.25, 0.3) is 5.91 Å². The molecule has 0 spiro atoms. The summed E-state index contributed by atoms with van der Waals surface area (Å²) < 4.78 is 0. The molecule has 90 valence electrons. The van der Waals surface area contributed by atoms with Crippen LogP contribution < -0.4 is 10.6 Å². The Morgan fingerprint density at radius 2 is 2.12 bits per heavy atom. The van der Waals surface area contributed by atoms with E-state index in [0.29, 0.717) is 12.6 Å². The summed E-state index contributed by atoms with van der Waals surface area (Å²) in [5.41, 5.74) is 0.929. The topological polar surface area (TPSA) is 95.5 Å². The van der Waals surface area contributed by atoms with E-state index in [4.69, 9.17) is 5.11 Å². The van der Waals surface area contributed by atoms with Gasteiger partial charge in [-0.25, -0.2) is 9.59 Å². The van der Waals surface area contributed by atoms with Crippen molar-refractivity contribution in [3.63, 3.8) is 0 Å². The number of nitrogens with one attached hydrogen (secondary N) is 2. The van der Waals surface area contributed by atoms with Gasteiger partial charge in [0.05, 0.1) is 0 Å². The van der Waals surface area contributed by atoms with Crippen LogP contribution in [0.4, 0.5) is 4.79 Å². The minimum atomic E-state index is -1.25. The third kappa shape index (κ3) is 5.47. The number of carbonyl (C=O) groups is 3. The van der Waals surface area contributed by atoms with E-state index < -0.39 is 17.9 Å². The van der Waals surface area contributed by atoms with E-state index >= 15 is 0 Å². The number of urea groups is 1. The predicted octanol–water partition coefficient (Wildman–Crippen LogP) is 0.715. The molecule has 1 aromatic rings. The zero-order valence-corrected chi connectivity index (χ0v) is 9.49. The van der Waals surface area contributed by atoms with Crippen LogP contribution in [0.2, 0.25) is 0 Å². The average molecular weight is 254 g/mol. The van der Waals surface area contributed by atoms with Crippen molar-refractivity contribution in [3.05, 3.63) is 34.5 Å². The molecule has 0 aliphatic carbocycles. The van der Waals surface area contributed by atoms with E-state index in [9.17, 15) is 14.4 Å². The van der Waals surface area contributed by atoms with Gasteiger partial charge in [-0.15, -0.1) is 0 Å². The molecule has 3 amide bonds. The van der Waals surface area contributed by atoms with Gasteiger partial charge in [0.15, 0.2) is 0 Å². The quantitative estimate of drug-likeness (QED) is 0.690. The number of hydrogen-bond acceptors (Lipinski definition) is 4. The predicted molar refractivity (Wildman–Crippen MR) is 61.5 cm³/mol. The lowest BCUT2D eigenvalue weighted by atomic mass is 10.3. The molecule has 3 N–H and O–H groups in total. The normalized spacial score (nSPS) is 10.1. The van der Waals surface area contributed by atoms with E-state index in [2.05, 4.69) is 5.32 Å². The number of carbonyl (C=O) groups excluding carboxylic acids is 2. The van der Waals surface area contributed by atoms with Crippen molar-refractivity contribution >= 4 is 29.2 Å². The molecule has 0 fully saturated rings. The highest BCUT2D eigenvalue weighted by atomic mass is 32.1. The van der Waals surface area contributed by atoms with Gasteiger partial charge in [-0.3, -0.25) is 10.1 Å². The van der Waals surface area contributed by atoms with Gasteiger partial charge < -0.3 is 10.4 Å². The standard InChI is InChI=1S/C10H10N2O4S/c13-8(1-2-9(14)15)12-10(16)11-5-7-3-4-17-6-7/h1-4,6H,5H2,(H,14,15)(H2,11,12,13,16). The smallest absolute Gasteiger partial charge is 0.328 e. The SMILES string of the molecule is O=C(O)C=CC(=O)NC(=O)NCc1ccsc1. The second kappa shape index (κ2) is 6.44. The first-order chi connectivity index (χ1) is 8.08. The molecule has 0 aromatic carbocycles. The zero-order chi connectivity index (χ0) is 12.7. The highest BCUT2D eigenvalue weighted by Gasteiger charge is 2.04. The van der Waals surface area contributed by atoms with E-state index in [0.717, 1.165) is 11.6 Å². The zero-order valence-electron chi connectivity index (χ0n) is 8.67. The largest absolute Gasteiger partial charge is 0.478 e. The molecule has 0 aliphatic rings. The highest BCUT2D eigenvalue weighted by molar-refractivity contribution is 7.07. The first-order valence-electron chi connectivity index (χ1n) is 4.59. The summed E-state index contributed by atoms with van der Waals surface area (Å²) in [5.74, 6) is -2.03. The Labute approximate surface area is 101 Å². The Balaban J connectivity index is 2.29. The Bertz CT molecular complexity index is 439. The molecule has 7 heteroatoms. The molecule has 1 rings (SSSR count). The molecule has 0 bridgehead atoms. The fourth-order valence-corrected chi connectivity index (χ4v) is 1.59. The van der Waals surface area contributed by atoms with Gasteiger partial charge in [0, 0.05) is 18.7 Å². The third-order valence-electron chi connectivity index (χ3n) is 1.65. The Morgan fingerprint density at radius 1 is 1.35 bits per heavy atom. The fraction of sp³-hybridized carbons (Fsp3) is 0.100. The molecule has 0 atom stereocenters. The Kier molecular flexibility index (Phi) is 4.89. The number of hydrogen-bond donors (Lipinski definition) is 3. The minimum absolute atomic E-state index is 0.311. The second-order valence-electron chi connectivity index (χ2n) is 2.98. The summed E-state index contributed by atoms with van der Waals surface area (Å²) in [6.45, 7) is 0.311. The molecule has 1 aromatic heterocycles. The van der Waals surface area contributed by atoms with Crippen LogP contribution in [0.15, 0.2) is 29.0 Å². The van der Waals surface area contributed by atoms with Gasteiger partial charge >= 0.3 is 12.0 Å². The van der Waals surface area contributed by atoms with Crippen LogP contribution in [0, 0.1) is 0 Å². The Hall–Kier alpha value is -2.15. The van der Waals surface area contributed by atoms with Crippen LogP contribution in [0.5, 0.6) is 0 Å². The van der Waals surface area contributed by atoms with E-state index in [1.165, 1.54) is 11.3 Å². The Morgan fingerprint density at radius 3 is 2.71 bits per heavy atom. The van der Waals surface area contributed by atoms with Gasteiger partial charge in [-0.05, 0) is 22.4 Å². The molecular weight excluding hydrogens is 244 g/mol. The molecule has 17 heavy (non-hydrogen) atoms. The van der Waals surface area contributed by atoms with E-state index in [1.54, 1.807) is 0 Å². The number of amides is 3. The molecule has 0 saturated carbocycles. The molecule has 0 unspecified atom stereocenters. The lowest BCUT2D eigenvalue weighted by molar-refractivity contribution is -0.131. The number of carboxylic acids is 1. The summed E-state index contributed by atoms with van der Waals surface area (Å²) >= 11 is 1.50. The van der Waals surface area contributed by atoms with Crippen molar-refractivity contribution < 1.29 is 19.5 Å². The van der Waals surface area contributed by atoms with Crippen LogP contribution in [-0.4, -0.2) is 23.0 Å². The third-order valence-corrected chi connectivity index (χ3v) is 2.38. The maximum absolute atomic E-state index is 11.2. The van der Waals surface area contributed by atoms with Gasteiger partial charge in [0.2, 0.25) is 0 Å². The maximum atomic E-state index is 11.2.